The fourth-order valence-corrected chi connectivity index (χ4v) is 0.304. The van der Waals surface area contributed by atoms with Gasteiger partial charge in [-0.25, -0.2) is 0 Å². The fourth-order valence-electron chi connectivity index (χ4n) is 0.304. The van der Waals surface area contributed by atoms with E-state index in [9.17, 15) is 4.79 Å². The van der Waals surface area contributed by atoms with Crippen molar-refractivity contribution >= 4 is 18.9 Å². The van der Waals surface area contributed by atoms with Gasteiger partial charge in [0.25, 0.3) is 0 Å². The van der Waals surface area contributed by atoms with Gasteiger partial charge in [-0.05, 0) is 0 Å². The first kappa shape index (κ1) is 7.40. The van der Waals surface area contributed by atoms with Crippen LogP contribution in [0.4, 0.5) is 0 Å². The standard InChI is InChI=1S/C5H8BO2/c1-4(6)2-3-5(7)8/h2-3H2,1H3,(H,7,8). The molecule has 0 amide bonds. The summed E-state index contributed by atoms with van der Waals surface area (Å²) < 4.78 is 0. The Morgan fingerprint density at radius 2 is 2.12 bits per heavy atom. The Labute approximate surface area is 49.6 Å². The summed E-state index contributed by atoms with van der Waals surface area (Å²) >= 11 is 0. The topological polar surface area (TPSA) is 37.3 Å². The Kier molecular flexibility index (Phi) is 3.16. The molecule has 3 heteroatoms. The molecule has 0 fully saturated rings. The molecule has 0 aliphatic rings. The summed E-state index contributed by atoms with van der Waals surface area (Å²) in [4.78, 5) is 9.83. The predicted octanol–water partition coefficient (Wildman–Crippen LogP) is 0.212. The van der Waals surface area contributed by atoms with Gasteiger partial charge in [-0.3, -0.25) is 0 Å². The number of rotatable bonds is 3. The van der Waals surface area contributed by atoms with Crippen LogP contribution in [0.2, 0.25) is 0 Å². The van der Waals surface area contributed by atoms with Gasteiger partial charge >= 0.3 is 48.6 Å². The molecule has 0 aromatic rings. The van der Waals surface area contributed by atoms with Crippen molar-refractivity contribution in [3.63, 3.8) is 0 Å². The maximum absolute atomic E-state index is 9.83. The van der Waals surface area contributed by atoms with Crippen molar-refractivity contribution in [3.8, 4) is 0 Å². The third kappa shape index (κ3) is 5.40. The van der Waals surface area contributed by atoms with Crippen LogP contribution in [0.5, 0.6) is 0 Å². The van der Waals surface area contributed by atoms with Gasteiger partial charge in [0.15, 0.2) is 0 Å². The van der Waals surface area contributed by atoms with E-state index in [1.165, 1.54) is 0 Å². The van der Waals surface area contributed by atoms with Gasteiger partial charge in [0.2, 0.25) is 0 Å². The van der Waals surface area contributed by atoms with E-state index in [4.69, 9.17) is 12.6 Å². The second kappa shape index (κ2) is 3.41. The number of hydrogen-bond acceptors (Lipinski definition) is 1. The van der Waals surface area contributed by atoms with E-state index >= 15 is 0 Å². The van der Waals surface area contributed by atoms with Crippen molar-refractivity contribution in [3.05, 3.63) is 0 Å². The van der Waals surface area contributed by atoms with E-state index in [0.29, 0.717) is 11.9 Å². The Hall–Kier alpha value is -0.595. The predicted molar refractivity (Wildman–Crippen MR) is 33.3 cm³/mol. The van der Waals surface area contributed by atoms with Crippen molar-refractivity contribution in [2.75, 3.05) is 0 Å². The monoisotopic (exact) mass is 111 g/mol. The van der Waals surface area contributed by atoms with Crippen LogP contribution >= 0.6 is 0 Å². The molecule has 0 saturated carbocycles. The van der Waals surface area contributed by atoms with Gasteiger partial charge in [-0.15, -0.1) is 0 Å². The Morgan fingerprint density at radius 3 is 2.25 bits per heavy atom. The molecule has 1 radical (unpaired) electrons. The average Bonchev–Trinajstić information content (AvgIpc) is 1.61. The molecule has 0 aliphatic carbocycles. The van der Waals surface area contributed by atoms with E-state index in [1.54, 1.807) is 6.92 Å². The molecule has 0 aromatic carbocycles. The molecule has 0 spiro atoms. The minimum atomic E-state index is -0.796. The number of aliphatic carboxylic acids is 1. The fraction of sp³-hybridized carbons (Fsp3) is 0.600. The number of carboxylic acids is 1. The van der Waals surface area contributed by atoms with Gasteiger partial charge in [0, 0.05) is 0 Å². The third-order valence-electron chi connectivity index (χ3n) is 0.733. The second-order valence-electron chi connectivity index (χ2n) is 1.74. The molecule has 0 aromatic heterocycles. The first-order chi connectivity index (χ1) is 3.63. The van der Waals surface area contributed by atoms with Crippen LogP contribution in [-0.4, -0.2) is 24.0 Å². The number of hydrogen-bond donors (Lipinski definition) is 1. The molecule has 0 saturated heterocycles. The van der Waals surface area contributed by atoms with Crippen molar-refractivity contribution in [2.45, 2.75) is 19.8 Å². The number of carbonyl (C=O) groups is 1. The molecule has 0 unspecified atom stereocenters. The van der Waals surface area contributed by atoms with Crippen LogP contribution in [-0.2, 0) is 4.79 Å². The zero-order chi connectivity index (χ0) is 6.57. The molecule has 2 nitrogen and oxygen atoms in total. The van der Waals surface area contributed by atoms with Gasteiger partial charge in [0.1, 0.15) is 0 Å². The molecular weight excluding hydrogens is 103 g/mol. The molecule has 0 heterocycles. The summed E-state index contributed by atoms with van der Waals surface area (Å²) in [5, 5.41) is 8.09. The Balaban J connectivity index is 3.18. The first-order valence-corrected chi connectivity index (χ1v) is 2.42. The zero-order valence-corrected chi connectivity index (χ0v) is 4.85. The number of carboxylic acid groups (broad SMARTS) is 1. The maximum atomic E-state index is 9.83. The SMILES string of the molecule is [B]=C(C)CCC(=O)O. The summed E-state index contributed by atoms with van der Waals surface area (Å²) in [6, 6.07) is 0. The first-order valence-electron chi connectivity index (χ1n) is 2.42. The van der Waals surface area contributed by atoms with Gasteiger partial charge in [-0.2, -0.15) is 0 Å². The van der Waals surface area contributed by atoms with Gasteiger partial charge in [0.05, 0.1) is 0 Å². The van der Waals surface area contributed by atoms with E-state index < -0.39 is 5.97 Å². The van der Waals surface area contributed by atoms with Crippen molar-refractivity contribution in [2.24, 2.45) is 0 Å². The van der Waals surface area contributed by atoms with Crippen LogP contribution in [0.25, 0.3) is 0 Å². The molecule has 8 heavy (non-hydrogen) atoms. The molecule has 43 valence electrons. The van der Waals surface area contributed by atoms with Crippen LogP contribution < -0.4 is 0 Å². The normalized spacial score (nSPS) is 8.50. The van der Waals surface area contributed by atoms with Crippen molar-refractivity contribution in [1.82, 2.24) is 0 Å². The average molecular weight is 111 g/mol. The molecule has 1 N–H and O–H groups in total. The third-order valence-corrected chi connectivity index (χ3v) is 0.733. The zero-order valence-electron chi connectivity index (χ0n) is 4.85. The molecule has 0 rings (SSSR count). The van der Waals surface area contributed by atoms with Crippen LogP contribution in [0, 0.1) is 0 Å². The summed E-state index contributed by atoms with van der Waals surface area (Å²) in [6.07, 6.45) is 0.623. The van der Waals surface area contributed by atoms with Crippen molar-refractivity contribution in [1.29, 1.82) is 0 Å². The quantitative estimate of drug-likeness (QED) is 0.528. The van der Waals surface area contributed by atoms with Crippen LogP contribution in [0.1, 0.15) is 19.8 Å². The molecular formula is C5H8BO2. The second-order valence-corrected chi connectivity index (χ2v) is 1.74. The molecule has 0 aliphatic heterocycles. The Bertz CT molecular complexity index is 95.0. The van der Waals surface area contributed by atoms with Crippen LogP contribution in [0.3, 0.4) is 0 Å². The minimum absolute atomic E-state index is 0.141. The van der Waals surface area contributed by atoms with Crippen LogP contribution in [0.15, 0.2) is 0 Å². The summed E-state index contributed by atoms with van der Waals surface area (Å²) in [5.74, 6) is -0.796. The summed E-state index contributed by atoms with van der Waals surface area (Å²) in [6.45, 7) is 1.71. The summed E-state index contributed by atoms with van der Waals surface area (Å²) in [5.41, 5.74) is 0.674. The van der Waals surface area contributed by atoms with E-state index in [2.05, 4.69) is 0 Å². The van der Waals surface area contributed by atoms with Gasteiger partial charge in [-0.1, -0.05) is 0 Å². The van der Waals surface area contributed by atoms with E-state index in [-0.39, 0.29) is 6.42 Å². The van der Waals surface area contributed by atoms with E-state index in [0.717, 1.165) is 0 Å². The molecule has 0 bridgehead atoms. The van der Waals surface area contributed by atoms with E-state index in [1.807, 2.05) is 0 Å². The van der Waals surface area contributed by atoms with Gasteiger partial charge < -0.3 is 0 Å². The Morgan fingerprint density at radius 1 is 1.62 bits per heavy atom. The molecule has 0 atom stereocenters. The van der Waals surface area contributed by atoms with Crippen molar-refractivity contribution < 1.29 is 9.90 Å². The summed E-state index contributed by atoms with van der Waals surface area (Å²) in [7, 11) is 5.19.